The van der Waals surface area contributed by atoms with Gasteiger partial charge in [-0.2, -0.15) is 13.2 Å². The lowest BCUT2D eigenvalue weighted by molar-refractivity contribution is -0.137. The first-order valence-corrected chi connectivity index (χ1v) is 9.26. The summed E-state index contributed by atoms with van der Waals surface area (Å²) in [7, 11) is 1.66. The van der Waals surface area contributed by atoms with E-state index in [2.05, 4.69) is 31.6 Å². The molecule has 0 atom stereocenters. The highest BCUT2D eigenvalue weighted by atomic mass is 19.4. The second kappa shape index (κ2) is 8.95. The summed E-state index contributed by atoms with van der Waals surface area (Å²) in [6.45, 7) is 3.05. The van der Waals surface area contributed by atoms with Crippen molar-refractivity contribution in [2.75, 3.05) is 25.0 Å². The normalized spacial score (nSPS) is 15.0. The average molecular weight is 391 g/mol. The highest BCUT2D eigenvalue weighted by Gasteiger charge is 2.29. The van der Waals surface area contributed by atoms with E-state index in [0.717, 1.165) is 42.2 Å². The Labute approximate surface area is 162 Å². The van der Waals surface area contributed by atoms with E-state index in [0.29, 0.717) is 19.0 Å². The third kappa shape index (κ3) is 5.37. The number of aromatic nitrogens is 1. The van der Waals surface area contributed by atoms with Crippen LogP contribution < -0.4 is 15.5 Å². The molecule has 0 amide bonds. The van der Waals surface area contributed by atoms with Crippen LogP contribution in [0.3, 0.4) is 0 Å². The van der Waals surface area contributed by atoms with Crippen molar-refractivity contribution in [3.8, 4) is 0 Å². The predicted molar refractivity (Wildman–Crippen MR) is 104 cm³/mol. The molecule has 0 saturated carbocycles. The van der Waals surface area contributed by atoms with Gasteiger partial charge >= 0.3 is 6.18 Å². The summed E-state index contributed by atoms with van der Waals surface area (Å²) in [5, 5.41) is 6.34. The molecule has 3 rings (SSSR count). The summed E-state index contributed by atoms with van der Waals surface area (Å²) in [5.74, 6) is 1.57. The van der Waals surface area contributed by atoms with E-state index >= 15 is 0 Å². The first-order chi connectivity index (χ1) is 13.5. The topological polar surface area (TPSA) is 52.6 Å². The number of nitrogens with one attached hydrogen (secondary N) is 2. The number of aliphatic imine (C=N–C) groups is 1. The molecular formula is C20H24F3N5. The quantitative estimate of drug-likeness (QED) is 0.605. The summed E-state index contributed by atoms with van der Waals surface area (Å²) < 4.78 is 37.9. The SMILES string of the molecule is CN=C(NCc1ccc(C(F)(F)F)cc1)NCc1ccnc(N2CCCC2)c1. The summed E-state index contributed by atoms with van der Waals surface area (Å²) in [6.07, 6.45) is -0.111. The largest absolute Gasteiger partial charge is 0.416 e. The van der Waals surface area contributed by atoms with Gasteiger partial charge in [0.05, 0.1) is 5.56 Å². The smallest absolute Gasteiger partial charge is 0.357 e. The summed E-state index contributed by atoms with van der Waals surface area (Å²) in [4.78, 5) is 10.9. The zero-order valence-corrected chi connectivity index (χ0v) is 15.8. The van der Waals surface area contributed by atoms with Crippen LogP contribution in [0.4, 0.5) is 19.0 Å². The van der Waals surface area contributed by atoms with Crippen LogP contribution in [0.15, 0.2) is 47.6 Å². The zero-order chi connectivity index (χ0) is 20.0. The lowest BCUT2D eigenvalue weighted by Gasteiger charge is -2.17. The Morgan fingerprint density at radius 3 is 2.29 bits per heavy atom. The van der Waals surface area contributed by atoms with Crippen molar-refractivity contribution in [1.29, 1.82) is 0 Å². The number of anilines is 1. The minimum atomic E-state index is -4.32. The standard InChI is InChI=1S/C20H24F3N5/c1-24-19(26-13-15-4-6-17(7-5-15)20(21,22)23)27-14-16-8-9-25-18(12-16)28-10-2-3-11-28/h4-9,12H,2-3,10-11,13-14H2,1H3,(H2,24,26,27). The van der Waals surface area contributed by atoms with E-state index in [-0.39, 0.29) is 0 Å². The van der Waals surface area contributed by atoms with Crippen LogP contribution in [-0.4, -0.2) is 31.1 Å². The van der Waals surface area contributed by atoms with E-state index in [9.17, 15) is 13.2 Å². The van der Waals surface area contributed by atoms with Gasteiger partial charge in [-0.15, -0.1) is 0 Å². The first-order valence-electron chi connectivity index (χ1n) is 9.26. The molecule has 0 radical (unpaired) electrons. The molecule has 150 valence electrons. The van der Waals surface area contributed by atoms with Crippen LogP contribution in [0.2, 0.25) is 0 Å². The van der Waals surface area contributed by atoms with Gasteiger partial charge in [0.1, 0.15) is 5.82 Å². The molecule has 1 aromatic carbocycles. The Balaban J connectivity index is 1.52. The van der Waals surface area contributed by atoms with Crippen molar-refractivity contribution < 1.29 is 13.2 Å². The van der Waals surface area contributed by atoms with Crippen molar-refractivity contribution in [1.82, 2.24) is 15.6 Å². The van der Waals surface area contributed by atoms with E-state index in [4.69, 9.17) is 0 Å². The lowest BCUT2D eigenvalue weighted by Crippen LogP contribution is -2.36. The van der Waals surface area contributed by atoms with Gasteiger partial charge in [0.25, 0.3) is 0 Å². The van der Waals surface area contributed by atoms with Gasteiger partial charge in [-0.3, -0.25) is 4.99 Å². The zero-order valence-electron chi connectivity index (χ0n) is 15.8. The number of nitrogens with zero attached hydrogens (tertiary/aromatic N) is 3. The molecule has 2 aromatic rings. The van der Waals surface area contributed by atoms with Crippen LogP contribution >= 0.6 is 0 Å². The molecule has 8 heteroatoms. The second-order valence-electron chi connectivity index (χ2n) is 6.69. The Morgan fingerprint density at radius 2 is 1.68 bits per heavy atom. The monoisotopic (exact) mass is 391 g/mol. The van der Waals surface area contributed by atoms with E-state index < -0.39 is 11.7 Å². The molecule has 1 aromatic heterocycles. The van der Waals surface area contributed by atoms with Crippen molar-refractivity contribution in [2.24, 2.45) is 4.99 Å². The fraction of sp³-hybridized carbons (Fsp3) is 0.400. The minimum absolute atomic E-state index is 0.382. The number of guanidine groups is 1. The Morgan fingerprint density at radius 1 is 1.04 bits per heavy atom. The third-order valence-electron chi connectivity index (χ3n) is 4.66. The van der Waals surface area contributed by atoms with Crippen molar-refractivity contribution in [3.05, 3.63) is 59.3 Å². The summed E-state index contributed by atoms with van der Waals surface area (Å²) in [6, 6.07) is 9.13. The molecule has 2 N–H and O–H groups in total. The van der Waals surface area contributed by atoms with E-state index in [1.807, 2.05) is 12.3 Å². The fourth-order valence-electron chi connectivity index (χ4n) is 3.09. The fourth-order valence-corrected chi connectivity index (χ4v) is 3.09. The van der Waals surface area contributed by atoms with Gasteiger partial charge in [-0.25, -0.2) is 4.98 Å². The molecule has 2 heterocycles. The number of hydrogen-bond acceptors (Lipinski definition) is 3. The van der Waals surface area contributed by atoms with Crippen LogP contribution in [0.1, 0.15) is 29.5 Å². The Kier molecular flexibility index (Phi) is 6.38. The van der Waals surface area contributed by atoms with Crippen LogP contribution in [0, 0.1) is 0 Å². The molecule has 1 saturated heterocycles. The molecule has 0 spiro atoms. The molecule has 0 aliphatic carbocycles. The molecule has 1 aliphatic heterocycles. The molecule has 1 aliphatic rings. The van der Waals surface area contributed by atoms with Crippen molar-refractivity contribution >= 4 is 11.8 Å². The number of alkyl halides is 3. The third-order valence-corrected chi connectivity index (χ3v) is 4.66. The maximum Gasteiger partial charge on any atom is 0.416 e. The van der Waals surface area contributed by atoms with Gasteiger partial charge in [0, 0.05) is 39.4 Å². The molecule has 5 nitrogen and oxygen atoms in total. The van der Waals surface area contributed by atoms with Gasteiger partial charge in [-0.05, 0) is 48.2 Å². The summed E-state index contributed by atoms with van der Waals surface area (Å²) >= 11 is 0. The van der Waals surface area contributed by atoms with E-state index in [1.165, 1.54) is 25.0 Å². The second-order valence-corrected chi connectivity index (χ2v) is 6.69. The van der Waals surface area contributed by atoms with Crippen LogP contribution in [0.25, 0.3) is 0 Å². The molecule has 0 unspecified atom stereocenters. The maximum atomic E-state index is 12.6. The van der Waals surface area contributed by atoms with E-state index in [1.54, 1.807) is 7.05 Å². The minimum Gasteiger partial charge on any atom is -0.357 e. The molecule has 28 heavy (non-hydrogen) atoms. The van der Waals surface area contributed by atoms with Gasteiger partial charge in [0.15, 0.2) is 5.96 Å². The van der Waals surface area contributed by atoms with Crippen LogP contribution in [0.5, 0.6) is 0 Å². The predicted octanol–water partition coefficient (Wildman–Crippen LogP) is 3.57. The van der Waals surface area contributed by atoms with Gasteiger partial charge in [0.2, 0.25) is 0 Å². The maximum absolute atomic E-state index is 12.6. The number of pyridine rings is 1. The van der Waals surface area contributed by atoms with Crippen molar-refractivity contribution in [2.45, 2.75) is 32.1 Å². The highest BCUT2D eigenvalue weighted by molar-refractivity contribution is 5.79. The van der Waals surface area contributed by atoms with Gasteiger partial charge in [-0.1, -0.05) is 12.1 Å². The number of halogens is 3. The average Bonchev–Trinajstić information content (AvgIpc) is 3.23. The molecule has 1 fully saturated rings. The lowest BCUT2D eigenvalue weighted by atomic mass is 10.1. The Bertz CT molecular complexity index is 796. The number of benzene rings is 1. The Hall–Kier alpha value is -2.77. The van der Waals surface area contributed by atoms with Crippen LogP contribution in [-0.2, 0) is 19.3 Å². The highest BCUT2D eigenvalue weighted by Crippen LogP contribution is 2.29. The number of hydrogen-bond donors (Lipinski definition) is 2. The molecular weight excluding hydrogens is 367 g/mol. The first kappa shape index (κ1) is 20.0. The molecule has 0 bridgehead atoms. The number of rotatable bonds is 5. The summed E-state index contributed by atoms with van der Waals surface area (Å²) in [5.41, 5.74) is 1.19. The van der Waals surface area contributed by atoms with Crippen molar-refractivity contribution in [3.63, 3.8) is 0 Å². The van der Waals surface area contributed by atoms with Gasteiger partial charge < -0.3 is 15.5 Å².